The highest BCUT2D eigenvalue weighted by Crippen LogP contribution is 2.23. The summed E-state index contributed by atoms with van der Waals surface area (Å²) in [6, 6.07) is 3.83. The van der Waals surface area contributed by atoms with Crippen LogP contribution < -0.4 is 5.73 Å². The van der Waals surface area contributed by atoms with Crippen molar-refractivity contribution in [2.75, 3.05) is 5.73 Å². The summed E-state index contributed by atoms with van der Waals surface area (Å²) >= 11 is 0. The van der Waals surface area contributed by atoms with Crippen LogP contribution in [0.25, 0.3) is 0 Å². The Hall–Kier alpha value is -1.13. The van der Waals surface area contributed by atoms with Gasteiger partial charge in [-0.25, -0.2) is 4.98 Å². The molecule has 0 bridgehead atoms. The van der Waals surface area contributed by atoms with E-state index in [4.69, 9.17) is 15.2 Å². The maximum atomic E-state index is 5.89. The Balaban J connectivity index is 1.88. The molecule has 0 aromatic carbocycles. The van der Waals surface area contributed by atoms with Crippen molar-refractivity contribution < 1.29 is 9.47 Å². The number of rotatable bonds is 3. The van der Waals surface area contributed by atoms with Gasteiger partial charge in [0.1, 0.15) is 5.82 Å². The van der Waals surface area contributed by atoms with Crippen molar-refractivity contribution in [1.29, 1.82) is 0 Å². The summed E-state index contributed by atoms with van der Waals surface area (Å²) in [4.78, 5) is 4.05. The van der Waals surface area contributed by atoms with Crippen molar-refractivity contribution in [3.05, 3.63) is 23.9 Å². The van der Waals surface area contributed by atoms with E-state index in [2.05, 4.69) is 18.8 Å². The third-order valence-corrected chi connectivity index (χ3v) is 3.05. The first kappa shape index (κ1) is 12.3. The van der Waals surface area contributed by atoms with Crippen LogP contribution in [-0.2, 0) is 16.1 Å². The molecule has 94 valence electrons. The number of ether oxygens (including phenoxy) is 2. The molecule has 4 nitrogen and oxygen atoms in total. The third kappa shape index (κ3) is 3.41. The summed E-state index contributed by atoms with van der Waals surface area (Å²) in [5, 5.41) is 0. The van der Waals surface area contributed by atoms with E-state index in [1.54, 1.807) is 6.20 Å². The van der Waals surface area contributed by atoms with Gasteiger partial charge in [0.05, 0.1) is 24.9 Å². The van der Waals surface area contributed by atoms with Gasteiger partial charge in [-0.3, -0.25) is 0 Å². The van der Waals surface area contributed by atoms with Gasteiger partial charge in [0.2, 0.25) is 0 Å². The Labute approximate surface area is 102 Å². The minimum Gasteiger partial charge on any atom is -0.383 e. The van der Waals surface area contributed by atoms with E-state index < -0.39 is 0 Å². The summed E-state index contributed by atoms with van der Waals surface area (Å²) in [6.45, 7) is 4.71. The molecule has 0 amide bonds. The number of hydrogen-bond acceptors (Lipinski definition) is 4. The van der Waals surface area contributed by atoms with Gasteiger partial charge >= 0.3 is 0 Å². The highest BCUT2D eigenvalue weighted by Gasteiger charge is 2.24. The molecule has 1 aliphatic rings. The van der Waals surface area contributed by atoms with Crippen molar-refractivity contribution in [2.24, 2.45) is 0 Å². The molecule has 1 aliphatic heterocycles. The summed E-state index contributed by atoms with van der Waals surface area (Å²) in [7, 11) is 0. The fourth-order valence-electron chi connectivity index (χ4n) is 2.26. The lowest BCUT2D eigenvalue weighted by Crippen LogP contribution is -2.34. The maximum Gasteiger partial charge on any atom is 0.128 e. The van der Waals surface area contributed by atoms with Crippen LogP contribution in [0, 0.1) is 0 Å². The lowest BCUT2D eigenvalue weighted by molar-refractivity contribution is -0.106. The Bertz CT molecular complexity index is 360. The van der Waals surface area contributed by atoms with Crippen LogP contribution in [0.1, 0.15) is 32.3 Å². The Morgan fingerprint density at radius 1 is 1.41 bits per heavy atom. The molecular weight excluding hydrogens is 216 g/mol. The number of nitrogen functional groups attached to an aromatic ring is 1. The quantitative estimate of drug-likeness (QED) is 0.873. The van der Waals surface area contributed by atoms with Crippen molar-refractivity contribution in [1.82, 2.24) is 4.98 Å². The molecule has 4 heteroatoms. The predicted octanol–water partition coefficient (Wildman–Crippen LogP) is 2.14. The second-order valence-electron chi connectivity index (χ2n) is 4.71. The highest BCUT2D eigenvalue weighted by molar-refractivity contribution is 5.37. The summed E-state index contributed by atoms with van der Waals surface area (Å²) in [5.41, 5.74) is 6.73. The van der Waals surface area contributed by atoms with Crippen LogP contribution >= 0.6 is 0 Å². The monoisotopic (exact) mass is 236 g/mol. The Morgan fingerprint density at radius 3 is 2.76 bits per heavy atom. The maximum absolute atomic E-state index is 5.89. The average Bonchev–Trinajstić information content (AvgIpc) is 2.27. The topological polar surface area (TPSA) is 57.4 Å². The zero-order chi connectivity index (χ0) is 12.3. The lowest BCUT2D eigenvalue weighted by atomic mass is 10.0. The smallest absolute Gasteiger partial charge is 0.128 e. The molecule has 2 atom stereocenters. The molecule has 2 unspecified atom stereocenters. The summed E-state index contributed by atoms with van der Waals surface area (Å²) in [5.74, 6) is 0.556. The molecule has 17 heavy (non-hydrogen) atoms. The molecule has 1 saturated heterocycles. The molecule has 2 N–H and O–H groups in total. The van der Waals surface area contributed by atoms with Gasteiger partial charge in [0.15, 0.2) is 0 Å². The molecule has 0 radical (unpaired) electrons. The van der Waals surface area contributed by atoms with Crippen molar-refractivity contribution in [2.45, 2.75) is 51.6 Å². The molecule has 0 spiro atoms. The molecule has 0 saturated carbocycles. The molecule has 1 aromatic heterocycles. The van der Waals surface area contributed by atoms with Crippen LogP contribution in [0.2, 0.25) is 0 Å². The largest absolute Gasteiger partial charge is 0.383 e. The van der Waals surface area contributed by atoms with Crippen molar-refractivity contribution in [3.8, 4) is 0 Å². The minimum atomic E-state index is 0.258. The number of nitrogens with zero attached hydrogens (tertiary/aromatic N) is 1. The van der Waals surface area contributed by atoms with Gasteiger partial charge in [-0.05, 0) is 32.8 Å². The zero-order valence-electron chi connectivity index (χ0n) is 10.4. The van der Waals surface area contributed by atoms with Gasteiger partial charge in [-0.15, -0.1) is 0 Å². The number of pyridine rings is 1. The SMILES string of the molecule is CC1CC(OCc2cccnc2N)CC(C)O1. The van der Waals surface area contributed by atoms with Gasteiger partial charge in [0.25, 0.3) is 0 Å². The first-order valence-electron chi connectivity index (χ1n) is 6.11. The zero-order valence-corrected chi connectivity index (χ0v) is 10.4. The predicted molar refractivity (Wildman–Crippen MR) is 66.5 cm³/mol. The standard InChI is InChI=1S/C13H20N2O2/c1-9-6-12(7-10(2)17-9)16-8-11-4-3-5-15-13(11)14/h3-5,9-10,12H,6-8H2,1-2H3,(H2,14,15). The van der Waals surface area contributed by atoms with Crippen LogP contribution in [0.4, 0.5) is 5.82 Å². The first-order valence-corrected chi connectivity index (χ1v) is 6.11. The number of anilines is 1. The molecule has 2 rings (SSSR count). The van der Waals surface area contributed by atoms with E-state index in [1.165, 1.54) is 0 Å². The number of aromatic nitrogens is 1. The summed E-state index contributed by atoms with van der Waals surface area (Å²) < 4.78 is 11.6. The normalized spacial score (nSPS) is 29.2. The van der Waals surface area contributed by atoms with E-state index in [0.29, 0.717) is 12.4 Å². The average molecular weight is 236 g/mol. The fraction of sp³-hybridized carbons (Fsp3) is 0.615. The second kappa shape index (κ2) is 5.47. The van der Waals surface area contributed by atoms with Gasteiger partial charge in [-0.2, -0.15) is 0 Å². The van der Waals surface area contributed by atoms with Gasteiger partial charge < -0.3 is 15.2 Å². The third-order valence-electron chi connectivity index (χ3n) is 3.05. The van der Waals surface area contributed by atoms with E-state index in [-0.39, 0.29) is 18.3 Å². The van der Waals surface area contributed by atoms with Crippen LogP contribution in [-0.4, -0.2) is 23.3 Å². The van der Waals surface area contributed by atoms with E-state index in [9.17, 15) is 0 Å². The first-order chi connectivity index (χ1) is 8.15. The van der Waals surface area contributed by atoms with Crippen LogP contribution in [0.3, 0.4) is 0 Å². The van der Waals surface area contributed by atoms with Gasteiger partial charge in [-0.1, -0.05) is 6.07 Å². The Kier molecular flexibility index (Phi) is 3.97. The van der Waals surface area contributed by atoms with E-state index >= 15 is 0 Å². The van der Waals surface area contributed by atoms with Crippen molar-refractivity contribution >= 4 is 5.82 Å². The molecule has 2 heterocycles. The van der Waals surface area contributed by atoms with E-state index in [0.717, 1.165) is 18.4 Å². The molecular formula is C13H20N2O2. The lowest BCUT2D eigenvalue weighted by Gasteiger charge is -2.32. The van der Waals surface area contributed by atoms with Crippen molar-refractivity contribution in [3.63, 3.8) is 0 Å². The minimum absolute atomic E-state index is 0.258. The van der Waals surface area contributed by atoms with Gasteiger partial charge in [0, 0.05) is 11.8 Å². The van der Waals surface area contributed by atoms with Crippen LogP contribution in [0.5, 0.6) is 0 Å². The fourth-order valence-corrected chi connectivity index (χ4v) is 2.26. The molecule has 1 fully saturated rings. The number of nitrogens with two attached hydrogens (primary N) is 1. The summed E-state index contributed by atoms with van der Waals surface area (Å²) in [6.07, 6.45) is 4.39. The molecule has 1 aromatic rings. The van der Waals surface area contributed by atoms with Crippen LogP contribution in [0.15, 0.2) is 18.3 Å². The van der Waals surface area contributed by atoms with E-state index in [1.807, 2.05) is 12.1 Å². The molecule has 0 aliphatic carbocycles. The number of hydrogen-bond donors (Lipinski definition) is 1. The Morgan fingerprint density at radius 2 is 2.12 bits per heavy atom. The second-order valence-corrected chi connectivity index (χ2v) is 4.71. The highest BCUT2D eigenvalue weighted by atomic mass is 16.5.